The van der Waals surface area contributed by atoms with Crippen LogP contribution in [-0.2, 0) is 11.3 Å². The molecule has 21 heavy (non-hydrogen) atoms. The van der Waals surface area contributed by atoms with Crippen LogP contribution in [-0.4, -0.2) is 34.4 Å². The standard InChI is InChI=1S/C15H16BrN3O2/c16-13-3-1-2-12(8-13)15-17-14(21-18-15)9-19-6-4-11(10-20)5-7-19/h1-3,8,10-11H,4-7,9H2. The summed E-state index contributed by atoms with van der Waals surface area (Å²) in [6.07, 6.45) is 2.89. The van der Waals surface area contributed by atoms with Gasteiger partial charge in [-0.15, -0.1) is 0 Å². The number of hydrogen-bond donors (Lipinski definition) is 0. The van der Waals surface area contributed by atoms with Crippen LogP contribution in [0.2, 0.25) is 0 Å². The fourth-order valence-electron chi connectivity index (χ4n) is 2.50. The number of carbonyl (C=O) groups is 1. The lowest BCUT2D eigenvalue weighted by Gasteiger charge is -2.27. The van der Waals surface area contributed by atoms with Crippen molar-refractivity contribution in [3.8, 4) is 11.4 Å². The average molecular weight is 350 g/mol. The Balaban J connectivity index is 1.64. The molecule has 1 aromatic carbocycles. The van der Waals surface area contributed by atoms with Crippen LogP contribution < -0.4 is 0 Å². The molecule has 3 rings (SSSR count). The number of carbonyl (C=O) groups excluding carboxylic acids is 1. The number of halogens is 1. The lowest BCUT2D eigenvalue weighted by atomic mass is 9.99. The van der Waals surface area contributed by atoms with Crippen LogP contribution in [0.5, 0.6) is 0 Å². The SMILES string of the molecule is O=CC1CCN(Cc2nc(-c3cccc(Br)c3)no2)CC1. The monoisotopic (exact) mass is 349 g/mol. The minimum absolute atomic E-state index is 0.209. The van der Waals surface area contributed by atoms with E-state index in [4.69, 9.17) is 4.52 Å². The minimum atomic E-state index is 0.209. The Morgan fingerprint density at radius 1 is 1.38 bits per heavy atom. The van der Waals surface area contributed by atoms with Gasteiger partial charge in [-0.05, 0) is 38.1 Å². The maximum absolute atomic E-state index is 10.7. The molecular weight excluding hydrogens is 334 g/mol. The summed E-state index contributed by atoms with van der Waals surface area (Å²) >= 11 is 3.44. The molecular formula is C15H16BrN3O2. The zero-order valence-corrected chi connectivity index (χ0v) is 13.1. The number of likely N-dealkylation sites (tertiary alicyclic amines) is 1. The highest BCUT2D eigenvalue weighted by atomic mass is 79.9. The number of nitrogens with zero attached hydrogens (tertiary/aromatic N) is 3. The largest absolute Gasteiger partial charge is 0.338 e. The van der Waals surface area contributed by atoms with Crippen molar-refractivity contribution in [3.63, 3.8) is 0 Å². The van der Waals surface area contributed by atoms with Crippen molar-refractivity contribution in [2.45, 2.75) is 19.4 Å². The second kappa shape index (κ2) is 6.49. The van der Waals surface area contributed by atoms with Gasteiger partial charge in [0, 0.05) is 16.0 Å². The van der Waals surface area contributed by atoms with Crippen molar-refractivity contribution in [1.29, 1.82) is 0 Å². The van der Waals surface area contributed by atoms with E-state index in [0.29, 0.717) is 18.3 Å². The molecule has 110 valence electrons. The van der Waals surface area contributed by atoms with E-state index in [0.717, 1.165) is 42.3 Å². The first-order chi connectivity index (χ1) is 10.2. The van der Waals surface area contributed by atoms with E-state index in [1.54, 1.807) is 0 Å². The molecule has 1 fully saturated rings. The molecule has 0 unspecified atom stereocenters. The second-order valence-corrected chi connectivity index (χ2v) is 6.19. The van der Waals surface area contributed by atoms with E-state index >= 15 is 0 Å². The van der Waals surface area contributed by atoms with Crippen molar-refractivity contribution >= 4 is 22.2 Å². The quantitative estimate of drug-likeness (QED) is 0.794. The van der Waals surface area contributed by atoms with Gasteiger partial charge >= 0.3 is 0 Å². The number of piperidine rings is 1. The van der Waals surface area contributed by atoms with E-state index in [2.05, 4.69) is 31.0 Å². The van der Waals surface area contributed by atoms with Gasteiger partial charge in [0.2, 0.25) is 11.7 Å². The maximum atomic E-state index is 10.7. The third kappa shape index (κ3) is 3.57. The van der Waals surface area contributed by atoms with Gasteiger partial charge in [0.15, 0.2) is 0 Å². The number of hydrogen-bond acceptors (Lipinski definition) is 5. The molecule has 0 amide bonds. The molecule has 2 heterocycles. The molecule has 5 nitrogen and oxygen atoms in total. The van der Waals surface area contributed by atoms with E-state index in [1.165, 1.54) is 0 Å². The molecule has 0 atom stereocenters. The van der Waals surface area contributed by atoms with Crippen LogP contribution >= 0.6 is 15.9 Å². The topological polar surface area (TPSA) is 59.2 Å². The summed E-state index contributed by atoms with van der Waals surface area (Å²) in [7, 11) is 0. The van der Waals surface area contributed by atoms with Gasteiger partial charge in [0.25, 0.3) is 0 Å². The summed E-state index contributed by atoms with van der Waals surface area (Å²) in [5.74, 6) is 1.43. The van der Waals surface area contributed by atoms with E-state index in [9.17, 15) is 4.79 Å². The smallest absolute Gasteiger partial charge is 0.241 e. The van der Waals surface area contributed by atoms with Crippen LogP contribution in [0.1, 0.15) is 18.7 Å². The Bertz CT molecular complexity index is 621. The van der Waals surface area contributed by atoms with Crippen LogP contribution in [0.4, 0.5) is 0 Å². The molecule has 1 aliphatic rings. The van der Waals surface area contributed by atoms with Gasteiger partial charge in [-0.25, -0.2) is 0 Å². The first kappa shape index (κ1) is 14.4. The van der Waals surface area contributed by atoms with Crippen molar-refractivity contribution in [3.05, 3.63) is 34.6 Å². The van der Waals surface area contributed by atoms with Crippen LogP contribution in [0, 0.1) is 5.92 Å². The third-order valence-electron chi connectivity index (χ3n) is 3.73. The fraction of sp³-hybridized carbons (Fsp3) is 0.400. The van der Waals surface area contributed by atoms with Crippen molar-refractivity contribution in [2.24, 2.45) is 5.92 Å². The molecule has 0 N–H and O–H groups in total. The van der Waals surface area contributed by atoms with Crippen molar-refractivity contribution in [1.82, 2.24) is 15.0 Å². The van der Waals surface area contributed by atoms with E-state index < -0.39 is 0 Å². The highest BCUT2D eigenvalue weighted by Gasteiger charge is 2.20. The Labute approximate surface area is 131 Å². The number of rotatable bonds is 4. The van der Waals surface area contributed by atoms with Gasteiger partial charge in [-0.3, -0.25) is 4.90 Å². The normalized spacial score (nSPS) is 17.0. The minimum Gasteiger partial charge on any atom is -0.338 e. The molecule has 0 radical (unpaired) electrons. The zero-order valence-electron chi connectivity index (χ0n) is 11.5. The van der Waals surface area contributed by atoms with Crippen LogP contribution in [0.25, 0.3) is 11.4 Å². The van der Waals surface area contributed by atoms with Gasteiger partial charge in [0.05, 0.1) is 6.54 Å². The van der Waals surface area contributed by atoms with Gasteiger partial charge < -0.3 is 9.32 Å². The summed E-state index contributed by atoms with van der Waals surface area (Å²) < 4.78 is 6.32. The number of aldehydes is 1. The van der Waals surface area contributed by atoms with E-state index in [1.807, 2.05) is 24.3 Å². The Morgan fingerprint density at radius 2 is 2.19 bits per heavy atom. The summed E-state index contributed by atoms with van der Waals surface area (Å²) in [6.45, 7) is 2.45. The van der Waals surface area contributed by atoms with E-state index in [-0.39, 0.29) is 5.92 Å². The summed E-state index contributed by atoms with van der Waals surface area (Å²) in [6, 6.07) is 7.82. The van der Waals surface area contributed by atoms with Crippen molar-refractivity contribution < 1.29 is 9.32 Å². The van der Waals surface area contributed by atoms with Crippen LogP contribution in [0.15, 0.2) is 33.3 Å². The molecule has 0 aliphatic carbocycles. The highest BCUT2D eigenvalue weighted by molar-refractivity contribution is 9.10. The summed E-state index contributed by atoms with van der Waals surface area (Å²) in [5.41, 5.74) is 0.930. The average Bonchev–Trinajstić information content (AvgIpc) is 2.97. The number of aromatic nitrogens is 2. The first-order valence-corrected chi connectivity index (χ1v) is 7.80. The molecule has 1 aliphatic heterocycles. The zero-order chi connectivity index (χ0) is 14.7. The predicted molar refractivity (Wildman–Crippen MR) is 81.5 cm³/mol. The lowest BCUT2D eigenvalue weighted by Crippen LogP contribution is -2.33. The Kier molecular flexibility index (Phi) is 4.45. The van der Waals surface area contributed by atoms with Gasteiger partial charge in [-0.2, -0.15) is 4.98 Å². The molecule has 0 bridgehead atoms. The highest BCUT2D eigenvalue weighted by Crippen LogP contribution is 2.21. The molecule has 6 heteroatoms. The summed E-state index contributed by atoms with van der Waals surface area (Å²) in [4.78, 5) is 17.4. The van der Waals surface area contributed by atoms with Gasteiger partial charge in [0.1, 0.15) is 6.29 Å². The van der Waals surface area contributed by atoms with Crippen LogP contribution in [0.3, 0.4) is 0 Å². The summed E-state index contributed by atoms with van der Waals surface area (Å²) in [5, 5.41) is 4.03. The maximum Gasteiger partial charge on any atom is 0.241 e. The first-order valence-electron chi connectivity index (χ1n) is 7.01. The Hall–Kier alpha value is -1.53. The molecule has 2 aromatic rings. The second-order valence-electron chi connectivity index (χ2n) is 5.27. The fourth-order valence-corrected chi connectivity index (χ4v) is 2.90. The molecule has 1 saturated heterocycles. The third-order valence-corrected chi connectivity index (χ3v) is 4.23. The molecule has 1 aromatic heterocycles. The van der Waals surface area contributed by atoms with Gasteiger partial charge in [-0.1, -0.05) is 33.2 Å². The predicted octanol–water partition coefficient (Wildman–Crippen LogP) is 2.91. The molecule has 0 saturated carbocycles. The Morgan fingerprint density at radius 3 is 2.90 bits per heavy atom. The lowest BCUT2D eigenvalue weighted by molar-refractivity contribution is -0.112. The van der Waals surface area contributed by atoms with Crippen molar-refractivity contribution in [2.75, 3.05) is 13.1 Å². The molecule has 0 spiro atoms. The number of benzene rings is 1.